The van der Waals surface area contributed by atoms with Crippen LogP contribution in [0.4, 0.5) is 14.9 Å². The Bertz CT molecular complexity index is 942. The summed E-state index contributed by atoms with van der Waals surface area (Å²) in [6.07, 6.45) is 0. The van der Waals surface area contributed by atoms with E-state index in [-0.39, 0.29) is 10.6 Å². The van der Waals surface area contributed by atoms with Crippen molar-refractivity contribution >= 4 is 27.6 Å². The van der Waals surface area contributed by atoms with Crippen LogP contribution in [0.5, 0.6) is 0 Å². The van der Waals surface area contributed by atoms with Crippen molar-refractivity contribution in [2.45, 2.75) is 17.4 Å². The normalized spacial score (nSPS) is 20.1. The molecular formula is C16H14FN3O4S. The molecule has 1 unspecified atom stereocenters. The lowest BCUT2D eigenvalue weighted by Gasteiger charge is -2.21. The molecule has 3 N–H and O–H groups in total. The number of anilines is 1. The first kappa shape index (κ1) is 16.9. The molecule has 2 aromatic carbocycles. The summed E-state index contributed by atoms with van der Waals surface area (Å²) in [4.78, 5) is 23.1. The lowest BCUT2D eigenvalue weighted by Crippen LogP contribution is -2.40. The first-order valence-electron chi connectivity index (χ1n) is 7.23. The van der Waals surface area contributed by atoms with Gasteiger partial charge < -0.3 is 5.32 Å². The van der Waals surface area contributed by atoms with Crippen LogP contribution in [0, 0.1) is 5.82 Å². The summed E-state index contributed by atoms with van der Waals surface area (Å²) < 4.78 is 39.8. The fourth-order valence-corrected chi connectivity index (χ4v) is 3.50. The molecule has 0 radical (unpaired) electrons. The van der Waals surface area contributed by atoms with E-state index in [9.17, 15) is 22.4 Å². The highest BCUT2D eigenvalue weighted by atomic mass is 32.2. The van der Waals surface area contributed by atoms with Crippen molar-refractivity contribution in [3.63, 3.8) is 0 Å². The van der Waals surface area contributed by atoms with Crippen molar-refractivity contribution < 1.29 is 22.4 Å². The molecule has 3 rings (SSSR count). The Hall–Kier alpha value is -2.94. The van der Waals surface area contributed by atoms with Gasteiger partial charge in [-0.3, -0.25) is 14.8 Å². The third-order valence-corrected chi connectivity index (χ3v) is 5.28. The van der Waals surface area contributed by atoms with Gasteiger partial charge in [0.1, 0.15) is 11.4 Å². The predicted molar refractivity (Wildman–Crippen MR) is 87.7 cm³/mol. The van der Waals surface area contributed by atoms with E-state index in [0.717, 1.165) is 24.3 Å². The van der Waals surface area contributed by atoms with Gasteiger partial charge in [0, 0.05) is 5.69 Å². The van der Waals surface area contributed by atoms with E-state index in [4.69, 9.17) is 0 Å². The van der Waals surface area contributed by atoms with E-state index in [1.165, 1.54) is 24.3 Å². The summed E-state index contributed by atoms with van der Waals surface area (Å²) in [5.74, 6) is -1.02. The van der Waals surface area contributed by atoms with Crippen LogP contribution in [-0.2, 0) is 20.4 Å². The molecule has 3 amide bonds. The third-order valence-electron chi connectivity index (χ3n) is 3.88. The number of nitrogens with one attached hydrogen (secondary N) is 3. The van der Waals surface area contributed by atoms with E-state index in [0.29, 0.717) is 5.56 Å². The highest BCUT2D eigenvalue weighted by Gasteiger charge is 2.43. The molecule has 25 heavy (non-hydrogen) atoms. The van der Waals surface area contributed by atoms with Gasteiger partial charge in [0.15, 0.2) is 0 Å². The van der Waals surface area contributed by atoms with Gasteiger partial charge in [0.05, 0.1) is 4.90 Å². The van der Waals surface area contributed by atoms with Crippen molar-refractivity contribution in [2.24, 2.45) is 0 Å². The Morgan fingerprint density at radius 2 is 1.60 bits per heavy atom. The molecule has 7 nitrogen and oxygen atoms in total. The summed E-state index contributed by atoms with van der Waals surface area (Å²) in [7, 11) is -3.86. The van der Waals surface area contributed by atoms with Gasteiger partial charge in [0.2, 0.25) is 0 Å². The average Bonchev–Trinajstić information content (AvgIpc) is 2.81. The predicted octanol–water partition coefficient (Wildman–Crippen LogP) is 1.68. The van der Waals surface area contributed by atoms with E-state index in [2.05, 4.69) is 15.4 Å². The summed E-state index contributed by atoms with van der Waals surface area (Å²) in [5.41, 5.74) is -0.451. The molecule has 1 fully saturated rings. The molecule has 1 saturated heterocycles. The van der Waals surface area contributed by atoms with E-state index in [1.807, 2.05) is 0 Å². The van der Waals surface area contributed by atoms with E-state index >= 15 is 0 Å². The fraction of sp³-hybridized carbons (Fsp3) is 0.125. The molecule has 0 spiro atoms. The maximum atomic E-state index is 12.9. The molecule has 0 bridgehead atoms. The summed E-state index contributed by atoms with van der Waals surface area (Å²) in [6.45, 7) is 1.55. The third kappa shape index (κ3) is 3.18. The van der Waals surface area contributed by atoms with Crippen LogP contribution in [0.15, 0.2) is 53.4 Å². The minimum Gasteiger partial charge on any atom is -0.320 e. The highest BCUT2D eigenvalue weighted by molar-refractivity contribution is 7.92. The Balaban J connectivity index is 1.82. The molecule has 1 heterocycles. The van der Waals surface area contributed by atoms with E-state index < -0.39 is 33.3 Å². The molecule has 130 valence electrons. The average molecular weight is 363 g/mol. The Morgan fingerprint density at radius 3 is 2.12 bits per heavy atom. The summed E-state index contributed by atoms with van der Waals surface area (Å²) >= 11 is 0. The monoisotopic (exact) mass is 363 g/mol. The zero-order valence-corrected chi connectivity index (χ0v) is 13.9. The molecule has 0 saturated carbocycles. The zero-order chi connectivity index (χ0) is 18.2. The van der Waals surface area contributed by atoms with Crippen LogP contribution in [0.3, 0.4) is 0 Å². The maximum Gasteiger partial charge on any atom is 0.322 e. The van der Waals surface area contributed by atoms with Crippen molar-refractivity contribution in [3.05, 3.63) is 59.9 Å². The number of imide groups is 1. The summed E-state index contributed by atoms with van der Waals surface area (Å²) in [6, 6.07) is 9.85. The maximum absolute atomic E-state index is 12.9. The van der Waals surface area contributed by atoms with Gasteiger partial charge in [-0.2, -0.15) is 0 Å². The number of urea groups is 1. The SMILES string of the molecule is CC1(c2ccc(NS(=O)(=O)c3ccc(F)cc3)cc2)NC(=O)NC1=O. The molecule has 1 aliphatic heterocycles. The first-order valence-corrected chi connectivity index (χ1v) is 8.71. The van der Waals surface area contributed by atoms with Crippen LogP contribution < -0.4 is 15.4 Å². The van der Waals surface area contributed by atoms with Crippen LogP contribution >= 0.6 is 0 Å². The Kier molecular flexibility index (Phi) is 3.96. The zero-order valence-electron chi connectivity index (χ0n) is 13.0. The van der Waals surface area contributed by atoms with Gasteiger partial charge >= 0.3 is 6.03 Å². The van der Waals surface area contributed by atoms with Gasteiger partial charge in [0.25, 0.3) is 15.9 Å². The number of carbonyl (C=O) groups excluding carboxylic acids is 2. The molecule has 9 heteroatoms. The Morgan fingerprint density at radius 1 is 1.00 bits per heavy atom. The number of benzene rings is 2. The second kappa shape index (κ2) is 5.85. The molecule has 1 atom stereocenters. The molecule has 2 aromatic rings. The van der Waals surface area contributed by atoms with Crippen LogP contribution in [0.2, 0.25) is 0 Å². The molecular weight excluding hydrogens is 349 g/mol. The number of hydrogen-bond donors (Lipinski definition) is 3. The van der Waals surface area contributed by atoms with Gasteiger partial charge in [-0.15, -0.1) is 0 Å². The van der Waals surface area contributed by atoms with Gasteiger partial charge in [-0.25, -0.2) is 17.6 Å². The molecule has 1 aliphatic rings. The minimum atomic E-state index is -3.86. The largest absolute Gasteiger partial charge is 0.322 e. The standard InChI is InChI=1S/C16H14FN3O4S/c1-16(14(21)18-15(22)19-16)10-2-6-12(7-3-10)20-25(23,24)13-8-4-11(17)5-9-13/h2-9,20H,1H3,(H2,18,19,21,22). The lowest BCUT2D eigenvalue weighted by molar-refractivity contribution is -0.123. The lowest BCUT2D eigenvalue weighted by atomic mass is 9.92. The smallest absolute Gasteiger partial charge is 0.320 e. The van der Waals surface area contributed by atoms with E-state index in [1.54, 1.807) is 6.92 Å². The highest BCUT2D eigenvalue weighted by Crippen LogP contribution is 2.26. The molecule has 0 aromatic heterocycles. The fourth-order valence-electron chi connectivity index (χ4n) is 2.45. The number of halogens is 1. The number of sulfonamides is 1. The Labute approximate surface area is 143 Å². The second-order valence-electron chi connectivity index (χ2n) is 5.67. The quantitative estimate of drug-likeness (QED) is 0.719. The van der Waals surface area contributed by atoms with Crippen LogP contribution in [0.1, 0.15) is 12.5 Å². The van der Waals surface area contributed by atoms with Crippen molar-refractivity contribution in [2.75, 3.05) is 4.72 Å². The number of amides is 3. The first-order chi connectivity index (χ1) is 11.7. The number of rotatable bonds is 4. The van der Waals surface area contributed by atoms with Crippen molar-refractivity contribution in [1.29, 1.82) is 0 Å². The topological polar surface area (TPSA) is 104 Å². The number of carbonyl (C=O) groups is 2. The summed E-state index contributed by atoms with van der Waals surface area (Å²) in [5, 5.41) is 4.68. The van der Waals surface area contributed by atoms with Crippen molar-refractivity contribution in [1.82, 2.24) is 10.6 Å². The number of hydrogen-bond acceptors (Lipinski definition) is 4. The van der Waals surface area contributed by atoms with Crippen molar-refractivity contribution in [3.8, 4) is 0 Å². The van der Waals surface area contributed by atoms with Gasteiger partial charge in [-0.1, -0.05) is 12.1 Å². The van der Waals surface area contributed by atoms with Crippen LogP contribution in [-0.4, -0.2) is 20.4 Å². The second-order valence-corrected chi connectivity index (χ2v) is 7.35. The van der Waals surface area contributed by atoms with Crippen LogP contribution in [0.25, 0.3) is 0 Å². The molecule has 0 aliphatic carbocycles. The minimum absolute atomic E-state index is 0.0765. The van der Waals surface area contributed by atoms with Gasteiger partial charge in [-0.05, 0) is 48.9 Å².